The molecule has 0 bridgehead atoms. The largest absolute Gasteiger partial charge is 0.461 e. The Bertz CT molecular complexity index is 1580. The SMILES string of the molecule is OC1CC(O)CN(c2nc(OCC34CCCN3CCC4)nc3c(F)c(-c4cccc5cccc(F)c45)ncc23)C1. The van der Waals surface area contributed by atoms with Crippen molar-refractivity contribution >= 4 is 27.5 Å². The van der Waals surface area contributed by atoms with Gasteiger partial charge in [-0.25, -0.2) is 8.78 Å². The highest BCUT2D eigenvalue weighted by atomic mass is 19.1. The summed E-state index contributed by atoms with van der Waals surface area (Å²) in [7, 11) is 0. The van der Waals surface area contributed by atoms with E-state index < -0.39 is 23.8 Å². The predicted molar refractivity (Wildman–Crippen MR) is 147 cm³/mol. The second-order valence-corrected chi connectivity index (χ2v) is 11.3. The average molecular weight is 548 g/mol. The Hall–Kier alpha value is -3.47. The molecule has 0 amide bonds. The third kappa shape index (κ3) is 4.25. The summed E-state index contributed by atoms with van der Waals surface area (Å²) in [6, 6.07) is 9.93. The summed E-state index contributed by atoms with van der Waals surface area (Å²) in [5.74, 6) is -0.830. The topological polar surface area (TPSA) is 94.8 Å². The molecule has 0 saturated carbocycles. The van der Waals surface area contributed by atoms with Crippen molar-refractivity contribution in [3.63, 3.8) is 0 Å². The van der Waals surface area contributed by atoms with E-state index in [0.29, 0.717) is 28.8 Å². The number of halogens is 2. The van der Waals surface area contributed by atoms with Crippen molar-refractivity contribution in [1.82, 2.24) is 19.9 Å². The van der Waals surface area contributed by atoms with Gasteiger partial charge in [0.25, 0.3) is 0 Å². The highest BCUT2D eigenvalue weighted by Gasteiger charge is 2.45. The molecule has 4 aromatic rings. The lowest BCUT2D eigenvalue weighted by atomic mass is 9.95. The van der Waals surface area contributed by atoms with Crippen LogP contribution >= 0.6 is 0 Å². The van der Waals surface area contributed by atoms with Crippen molar-refractivity contribution < 1.29 is 23.7 Å². The molecule has 5 heterocycles. The number of hydrogen-bond donors (Lipinski definition) is 2. The number of nitrogens with zero attached hydrogens (tertiary/aromatic N) is 5. The van der Waals surface area contributed by atoms with Crippen LogP contribution in [0.1, 0.15) is 32.1 Å². The van der Waals surface area contributed by atoms with E-state index in [0.717, 1.165) is 38.8 Å². The van der Waals surface area contributed by atoms with Gasteiger partial charge in [0.2, 0.25) is 0 Å². The number of aliphatic hydroxyl groups excluding tert-OH is 2. The van der Waals surface area contributed by atoms with Gasteiger partial charge in [-0.2, -0.15) is 9.97 Å². The standard InChI is InChI=1S/C30H31F2N5O3/c31-23-8-2-6-18-5-1-7-21(24(18)23)26-25(32)27-22(14-33-26)28(36-15-19(38)13-20(39)16-36)35-29(34-27)40-17-30-9-3-11-37(30)12-4-10-30/h1-2,5-8,14,19-20,38-39H,3-4,9-13,15-17H2. The average Bonchev–Trinajstić information content (AvgIpc) is 3.52. The molecule has 8 nitrogen and oxygen atoms in total. The molecule has 0 spiro atoms. The summed E-state index contributed by atoms with van der Waals surface area (Å²) in [4.78, 5) is 17.8. The Labute approximate surface area is 230 Å². The van der Waals surface area contributed by atoms with E-state index in [1.54, 1.807) is 35.2 Å². The van der Waals surface area contributed by atoms with Crippen LogP contribution in [0.3, 0.4) is 0 Å². The van der Waals surface area contributed by atoms with E-state index in [2.05, 4.69) is 19.9 Å². The van der Waals surface area contributed by atoms with Gasteiger partial charge in [-0.05, 0) is 50.2 Å². The zero-order valence-corrected chi connectivity index (χ0v) is 22.1. The van der Waals surface area contributed by atoms with E-state index in [1.807, 2.05) is 0 Å². The molecule has 7 rings (SSSR count). The Morgan fingerprint density at radius 1 is 0.975 bits per heavy atom. The van der Waals surface area contributed by atoms with Crippen molar-refractivity contribution in [2.75, 3.05) is 37.7 Å². The molecule has 0 radical (unpaired) electrons. The second kappa shape index (κ2) is 9.87. The van der Waals surface area contributed by atoms with E-state index in [-0.39, 0.29) is 47.7 Å². The molecule has 2 atom stereocenters. The van der Waals surface area contributed by atoms with Crippen LogP contribution in [0.2, 0.25) is 0 Å². The van der Waals surface area contributed by atoms with E-state index in [1.165, 1.54) is 12.3 Å². The van der Waals surface area contributed by atoms with Crippen molar-refractivity contribution in [3.05, 3.63) is 54.2 Å². The summed E-state index contributed by atoms with van der Waals surface area (Å²) in [5, 5.41) is 22.0. The van der Waals surface area contributed by atoms with E-state index in [4.69, 9.17) is 4.74 Å². The first-order chi connectivity index (χ1) is 19.4. The lowest BCUT2D eigenvalue weighted by molar-refractivity contribution is 0.0648. The lowest BCUT2D eigenvalue weighted by Crippen LogP contribution is -2.46. The maximum absolute atomic E-state index is 16.4. The van der Waals surface area contributed by atoms with Crippen LogP contribution in [0.15, 0.2) is 42.6 Å². The molecule has 3 aliphatic heterocycles. The lowest BCUT2D eigenvalue weighted by Gasteiger charge is -2.35. The van der Waals surface area contributed by atoms with E-state index >= 15 is 4.39 Å². The predicted octanol–water partition coefficient (Wildman–Crippen LogP) is 4.06. The first kappa shape index (κ1) is 25.5. The van der Waals surface area contributed by atoms with Gasteiger partial charge in [0, 0.05) is 36.7 Å². The van der Waals surface area contributed by atoms with Crippen LogP contribution in [0.4, 0.5) is 14.6 Å². The van der Waals surface area contributed by atoms with Crippen LogP contribution < -0.4 is 9.64 Å². The minimum absolute atomic E-state index is 0.0000883. The van der Waals surface area contributed by atoms with Gasteiger partial charge >= 0.3 is 6.01 Å². The summed E-state index contributed by atoms with van der Waals surface area (Å²) >= 11 is 0. The number of benzene rings is 2. The molecular weight excluding hydrogens is 516 g/mol. The maximum Gasteiger partial charge on any atom is 0.319 e. The zero-order valence-electron chi connectivity index (χ0n) is 22.1. The number of aliphatic hydroxyl groups is 2. The molecule has 3 fully saturated rings. The van der Waals surface area contributed by atoms with Crippen LogP contribution in [0, 0.1) is 11.6 Å². The number of ether oxygens (including phenoxy) is 1. The third-order valence-corrected chi connectivity index (χ3v) is 8.74. The third-order valence-electron chi connectivity index (χ3n) is 8.74. The molecule has 40 heavy (non-hydrogen) atoms. The monoisotopic (exact) mass is 547 g/mol. The molecule has 10 heteroatoms. The zero-order chi connectivity index (χ0) is 27.4. The summed E-state index contributed by atoms with van der Waals surface area (Å²) in [5.41, 5.74) is 0.250. The fourth-order valence-corrected chi connectivity index (χ4v) is 6.89. The first-order valence-corrected chi connectivity index (χ1v) is 13.9. The number of fused-ring (bicyclic) bond motifs is 3. The highest BCUT2D eigenvalue weighted by Crippen LogP contribution is 2.40. The molecule has 0 aliphatic carbocycles. The number of anilines is 1. The summed E-state index contributed by atoms with van der Waals surface area (Å²) in [6.07, 6.45) is 4.50. The van der Waals surface area contributed by atoms with E-state index in [9.17, 15) is 14.6 Å². The van der Waals surface area contributed by atoms with Gasteiger partial charge < -0.3 is 19.8 Å². The van der Waals surface area contributed by atoms with Crippen molar-refractivity contribution in [2.24, 2.45) is 0 Å². The molecule has 2 aromatic carbocycles. The van der Waals surface area contributed by atoms with Crippen LogP contribution in [0.25, 0.3) is 32.9 Å². The van der Waals surface area contributed by atoms with Gasteiger partial charge in [-0.1, -0.05) is 30.3 Å². The summed E-state index contributed by atoms with van der Waals surface area (Å²) < 4.78 is 37.5. The van der Waals surface area contributed by atoms with Gasteiger partial charge in [-0.3, -0.25) is 9.88 Å². The van der Waals surface area contributed by atoms with Crippen LogP contribution in [-0.2, 0) is 0 Å². The maximum atomic E-state index is 16.4. The Kier molecular flexibility index (Phi) is 6.29. The van der Waals surface area contributed by atoms with Gasteiger partial charge in [0.15, 0.2) is 5.82 Å². The Morgan fingerprint density at radius 2 is 1.70 bits per heavy atom. The molecule has 2 unspecified atom stereocenters. The quantitative estimate of drug-likeness (QED) is 0.386. The fourth-order valence-electron chi connectivity index (χ4n) is 6.89. The van der Waals surface area contributed by atoms with Gasteiger partial charge in [0.05, 0.1) is 23.1 Å². The van der Waals surface area contributed by atoms with Crippen molar-refractivity contribution in [3.8, 4) is 17.3 Å². The Morgan fingerprint density at radius 3 is 2.45 bits per heavy atom. The van der Waals surface area contributed by atoms with Gasteiger partial charge in [0.1, 0.15) is 29.5 Å². The highest BCUT2D eigenvalue weighted by molar-refractivity contribution is 5.99. The van der Waals surface area contributed by atoms with Gasteiger partial charge in [-0.15, -0.1) is 0 Å². The normalized spacial score (nSPS) is 22.8. The molecule has 208 valence electrons. The molecule has 2 N–H and O–H groups in total. The Balaban J connectivity index is 1.36. The fraction of sp³-hybridized carbons (Fsp3) is 0.433. The van der Waals surface area contributed by atoms with Crippen molar-refractivity contribution in [2.45, 2.75) is 49.9 Å². The first-order valence-electron chi connectivity index (χ1n) is 13.9. The van der Waals surface area contributed by atoms with Crippen molar-refractivity contribution in [1.29, 1.82) is 0 Å². The molecule has 2 aromatic heterocycles. The number of piperidine rings is 1. The minimum atomic E-state index is -0.765. The number of hydrogen-bond acceptors (Lipinski definition) is 8. The molecule has 3 saturated heterocycles. The second-order valence-electron chi connectivity index (χ2n) is 11.3. The summed E-state index contributed by atoms with van der Waals surface area (Å²) in [6.45, 7) is 2.93. The number of β-amino-alcohol motifs (C(OH)–C–C–N with tert-alkyl or cyclic N) is 2. The number of rotatable bonds is 5. The molecule has 3 aliphatic rings. The molecular formula is C30H31F2N5O3. The number of aromatic nitrogens is 3. The smallest absolute Gasteiger partial charge is 0.319 e. The number of pyridine rings is 1. The van der Waals surface area contributed by atoms with Crippen LogP contribution in [-0.4, -0.2) is 80.6 Å². The van der Waals surface area contributed by atoms with Crippen LogP contribution in [0.5, 0.6) is 6.01 Å². The minimum Gasteiger partial charge on any atom is -0.461 e.